The van der Waals surface area contributed by atoms with Gasteiger partial charge in [0.15, 0.2) is 5.13 Å². The quantitative estimate of drug-likeness (QED) is 0.598. The summed E-state index contributed by atoms with van der Waals surface area (Å²) in [7, 11) is 1.34. The molecule has 0 aliphatic carbocycles. The molecule has 4 aliphatic heterocycles. The van der Waals surface area contributed by atoms with Crippen LogP contribution in [0.15, 0.2) is 18.5 Å². The van der Waals surface area contributed by atoms with Gasteiger partial charge in [-0.25, -0.2) is 28.3 Å². The van der Waals surface area contributed by atoms with Crippen LogP contribution >= 0.6 is 11.3 Å². The van der Waals surface area contributed by atoms with Crippen LogP contribution in [0, 0.1) is 6.92 Å². The van der Waals surface area contributed by atoms with Gasteiger partial charge in [0.1, 0.15) is 17.5 Å². The van der Waals surface area contributed by atoms with E-state index in [2.05, 4.69) is 30.5 Å². The van der Waals surface area contributed by atoms with Crippen molar-refractivity contribution < 1.29 is 23.1 Å². The Morgan fingerprint density at radius 1 is 1.14 bits per heavy atom. The average molecular weight is 537 g/mol. The highest BCUT2D eigenvalue weighted by atomic mass is 32.1. The number of rotatable bonds is 5. The molecule has 0 saturated carbocycles. The van der Waals surface area contributed by atoms with Crippen molar-refractivity contribution in [2.24, 2.45) is 0 Å². The first-order chi connectivity index (χ1) is 17.6. The standard InChI is InChI=1S/C23H30F2N8O3S/c1-15-13-27-19(37-15)30-20(34)31(2)16-14-33(12-7-23(16,24)25)18-26-8-3-17(28-18)29-21(35)36-22-4-9-32(10-5-22)11-6-22/h3,8,13,16H,4-7,9-12,14H2,1-2H3,(H,27,30,34)(H,26,28,29,35)/t16-/m0/s1. The summed E-state index contributed by atoms with van der Waals surface area (Å²) in [4.78, 5) is 43.8. The molecule has 2 bridgehead atoms. The number of urea groups is 1. The van der Waals surface area contributed by atoms with Crippen LogP contribution in [0.25, 0.3) is 0 Å². The summed E-state index contributed by atoms with van der Waals surface area (Å²) in [5.41, 5.74) is -0.442. The zero-order chi connectivity index (χ0) is 26.2. The summed E-state index contributed by atoms with van der Waals surface area (Å²) in [6.45, 7) is 4.41. The molecular formula is C23H30F2N8O3S. The number of amides is 3. The van der Waals surface area contributed by atoms with Crippen LogP contribution in [0.3, 0.4) is 0 Å². The number of aromatic nitrogens is 3. The molecule has 0 spiro atoms. The Morgan fingerprint density at radius 3 is 2.54 bits per heavy atom. The molecule has 6 rings (SSSR count). The zero-order valence-electron chi connectivity index (χ0n) is 20.7. The summed E-state index contributed by atoms with van der Waals surface area (Å²) < 4.78 is 35.6. The topological polar surface area (TPSA) is 116 Å². The number of thiazole rings is 1. The van der Waals surface area contributed by atoms with Crippen molar-refractivity contribution >= 4 is 40.4 Å². The van der Waals surface area contributed by atoms with Crippen LogP contribution in [-0.2, 0) is 4.74 Å². The van der Waals surface area contributed by atoms with Crippen LogP contribution < -0.4 is 15.5 Å². The van der Waals surface area contributed by atoms with E-state index in [-0.39, 0.29) is 24.9 Å². The summed E-state index contributed by atoms with van der Waals surface area (Å²) in [6, 6.07) is -0.561. The Kier molecular flexibility index (Phi) is 6.88. The molecule has 4 aliphatic rings. The van der Waals surface area contributed by atoms with Gasteiger partial charge in [-0.1, -0.05) is 0 Å². The average Bonchev–Trinajstić information content (AvgIpc) is 3.28. The molecule has 200 valence electrons. The fraction of sp³-hybridized carbons (Fsp3) is 0.609. The predicted octanol–water partition coefficient (Wildman–Crippen LogP) is 3.41. The maximum Gasteiger partial charge on any atom is 0.413 e. The highest BCUT2D eigenvalue weighted by molar-refractivity contribution is 7.15. The molecule has 3 amide bonds. The van der Waals surface area contributed by atoms with Crippen molar-refractivity contribution in [3.63, 3.8) is 0 Å². The Bertz CT molecular complexity index is 1140. The Balaban J connectivity index is 1.23. The smallest absolute Gasteiger partial charge is 0.413 e. The minimum Gasteiger partial charge on any atom is -0.443 e. The predicted molar refractivity (Wildman–Crippen MR) is 134 cm³/mol. The van der Waals surface area contributed by atoms with Gasteiger partial charge in [0, 0.05) is 82.7 Å². The monoisotopic (exact) mass is 536 g/mol. The first kappa shape index (κ1) is 25.5. The van der Waals surface area contributed by atoms with E-state index in [4.69, 9.17) is 4.74 Å². The first-order valence-corrected chi connectivity index (χ1v) is 13.1. The van der Waals surface area contributed by atoms with Gasteiger partial charge >= 0.3 is 12.1 Å². The van der Waals surface area contributed by atoms with Crippen LogP contribution in [-0.4, -0.2) is 94.2 Å². The lowest BCUT2D eigenvalue weighted by atomic mass is 9.83. The number of piperidine rings is 4. The van der Waals surface area contributed by atoms with Gasteiger partial charge in [-0.2, -0.15) is 4.98 Å². The summed E-state index contributed by atoms with van der Waals surface area (Å²) >= 11 is 1.26. The number of nitrogens with one attached hydrogen (secondary N) is 2. The zero-order valence-corrected chi connectivity index (χ0v) is 21.6. The van der Waals surface area contributed by atoms with Crippen molar-refractivity contribution in [2.45, 2.75) is 50.2 Å². The summed E-state index contributed by atoms with van der Waals surface area (Å²) in [5.74, 6) is -2.69. The number of nitrogens with zero attached hydrogens (tertiary/aromatic N) is 6. The minimum absolute atomic E-state index is 0.00184. The molecule has 0 aromatic carbocycles. The fourth-order valence-electron chi connectivity index (χ4n) is 5.05. The number of alkyl halides is 2. The third-order valence-corrected chi connectivity index (χ3v) is 8.16. The Morgan fingerprint density at radius 2 is 1.86 bits per heavy atom. The fourth-order valence-corrected chi connectivity index (χ4v) is 5.71. The van der Waals surface area contributed by atoms with E-state index in [9.17, 15) is 18.4 Å². The third kappa shape index (κ3) is 5.59. The number of likely N-dealkylation sites (N-methyl/N-ethyl adjacent to an activating group) is 1. The molecule has 6 heterocycles. The molecular weight excluding hydrogens is 506 g/mol. The number of anilines is 3. The number of hydrogen-bond donors (Lipinski definition) is 2. The van der Waals surface area contributed by atoms with Gasteiger partial charge in [0.2, 0.25) is 5.95 Å². The molecule has 2 N–H and O–H groups in total. The van der Waals surface area contributed by atoms with Crippen molar-refractivity contribution in [2.75, 3.05) is 55.3 Å². The second-order valence-electron chi connectivity index (χ2n) is 9.82. The van der Waals surface area contributed by atoms with Crippen molar-refractivity contribution in [3.8, 4) is 0 Å². The lowest BCUT2D eigenvalue weighted by Crippen LogP contribution is -2.60. The summed E-state index contributed by atoms with van der Waals surface area (Å²) in [5, 5.41) is 5.58. The van der Waals surface area contributed by atoms with E-state index in [0.29, 0.717) is 5.13 Å². The third-order valence-electron chi connectivity index (χ3n) is 7.33. The van der Waals surface area contributed by atoms with Crippen molar-refractivity contribution in [1.29, 1.82) is 0 Å². The first-order valence-electron chi connectivity index (χ1n) is 12.3. The van der Waals surface area contributed by atoms with E-state index in [0.717, 1.165) is 48.7 Å². The maximum absolute atomic E-state index is 14.9. The number of hydrogen-bond acceptors (Lipinski definition) is 9. The molecule has 0 radical (unpaired) electrons. The van der Waals surface area contributed by atoms with Crippen LogP contribution in [0.1, 0.15) is 30.6 Å². The van der Waals surface area contributed by atoms with Gasteiger partial charge < -0.3 is 19.4 Å². The lowest BCUT2D eigenvalue weighted by molar-refractivity contribution is -0.0760. The molecule has 4 saturated heterocycles. The Hall–Kier alpha value is -3.13. The van der Waals surface area contributed by atoms with Gasteiger partial charge in [-0.15, -0.1) is 11.3 Å². The second kappa shape index (κ2) is 9.97. The molecule has 14 heteroatoms. The SMILES string of the molecule is Cc1cnc(NC(=O)N(C)[C@H]2CN(c3nccc(NC(=O)OC45CCN(CC4)CC5)n3)CCC2(F)F)s1. The Labute approximate surface area is 217 Å². The van der Waals surface area contributed by atoms with Gasteiger partial charge in [0.25, 0.3) is 5.92 Å². The molecule has 11 nitrogen and oxygen atoms in total. The number of fused-ring (bicyclic) bond motifs is 3. The van der Waals surface area contributed by atoms with E-state index in [1.807, 2.05) is 6.92 Å². The number of carbonyl (C=O) groups is 2. The highest BCUT2D eigenvalue weighted by Crippen LogP contribution is 2.36. The number of halogens is 2. The number of ether oxygens (including phenoxy) is 1. The van der Waals surface area contributed by atoms with Crippen molar-refractivity contribution in [3.05, 3.63) is 23.3 Å². The molecule has 37 heavy (non-hydrogen) atoms. The van der Waals surface area contributed by atoms with Gasteiger partial charge in [-0.3, -0.25) is 10.6 Å². The lowest BCUT2D eigenvalue weighted by Gasteiger charge is -2.47. The second-order valence-corrected chi connectivity index (χ2v) is 11.1. The molecule has 1 atom stereocenters. The van der Waals surface area contributed by atoms with Crippen LogP contribution in [0.2, 0.25) is 0 Å². The normalized spacial score (nSPS) is 26.4. The number of carbonyl (C=O) groups excluding carboxylic acids is 2. The van der Waals surface area contributed by atoms with E-state index in [1.165, 1.54) is 30.6 Å². The summed E-state index contributed by atoms with van der Waals surface area (Å²) in [6.07, 6.45) is 4.42. The van der Waals surface area contributed by atoms with Crippen molar-refractivity contribution in [1.82, 2.24) is 24.8 Å². The van der Waals surface area contributed by atoms with Gasteiger partial charge in [-0.05, 0) is 13.0 Å². The molecule has 2 aromatic heterocycles. The van der Waals surface area contributed by atoms with Crippen LogP contribution in [0.4, 0.5) is 35.3 Å². The molecule has 0 unspecified atom stereocenters. The van der Waals surface area contributed by atoms with Gasteiger partial charge in [0.05, 0.1) is 0 Å². The van der Waals surface area contributed by atoms with E-state index in [1.54, 1.807) is 11.1 Å². The number of aryl methyl sites for hydroxylation is 1. The minimum atomic E-state index is -3.10. The maximum atomic E-state index is 14.9. The van der Waals surface area contributed by atoms with E-state index < -0.39 is 36.1 Å². The van der Waals surface area contributed by atoms with E-state index >= 15 is 0 Å². The largest absolute Gasteiger partial charge is 0.443 e. The molecule has 4 fully saturated rings. The van der Waals surface area contributed by atoms with Crippen LogP contribution in [0.5, 0.6) is 0 Å². The highest BCUT2D eigenvalue weighted by Gasteiger charge is 2.48. The molecule has 2 aromatic rings.